The van der Waals surface area contributed by atoms with Gasteiger partial charge < -0.3 is 5.73 Å². The van der Waals surface area contributed by atoms with E-state index in [4.69, 9.17) is 11.1 Å². The number of hydrogen-bond acceptors (Lipinski definition) is 3. The Hall–Kier alpha value is -1.62. The van der Waals surface area contributed by atoms with Crippen molar-refractivity contribution in [3.05, 3.63) is 29.2 Å². The molecule has 0 fully saturated rings. The van der Waals surface area contributed by atoms with Crippen LogP contribution in [0, 0.1) is 5.41 Å². The number of nitrogens with one attached hydrogen (secondary N) is 1. The highest BCUT2D eigenvalue weighted by atomic mass is 32.1. The van der Waals surface area contributed by atoms with E-state index in [2.05, 4.69) is 10.5 Å². The Labute approximate surface area is 85.5 Å². The van der Waals surface area contributed by atoms with Crippen LogP contribution in [0.2, 0.25) is 0 Å². The Morgan fingerprint density at radius 1 is 1.57 bits per heavy atom. The standard InChI is InChI=1S/C9H10N4S/c10-9(11)5-13-4-8(3-12-13)7-1-2-14-6-7/h1-4,6H,5H2,(H3,10,11). The van der Waals surface area contributed by atoms with Crippen molar-refractivity contribution < 1.29 is 0 Å². The van der Waals surface area contributed by atoms with E-state index in [0.29, 0.717) is 6.54 Å². The fraction of sp³-hybridized carbons (Fsp3) is 0.111. The highest BCUT2D eigenvalue weighted by Crippen LogP contribution is 2.20. The Balaban J connectivity index is 2.22. The second-order valence-electron chi connectivity index (χ2n) is 2.96. The van der Waals surface area contributed by atoms with Gasteiger partial charge in [-0.1, -0.05) is 0 Å². The van der Waals surface area contributed by atoms with Crippen LogP contribution in [0.5, 0.6) is 0 Å². The van der Waals surface area contributed by atoms with Crippen molar-refractivity contribution in [1.82, 2.24) is 9.78 Å². The molecule has 3 N–H and O–H groups in total. The van der Waals surface area contributed by atoms with Crippen molar-refractivity contribution in [3.63, 3.8) is 0 Å². The molecule has 0 aromatic carbocycles. The average Bonchev–Trinajstić information content (AvgIpc) is 2.69. The third-order valence-corrected chi connectivity index (χ3v) is 2.50. The van der Waals surface area contributed by atoms with Crippen molar-refractivity contribution in [1.29, 1.82) is 5.41 Å². The molecule has 2 heterocycles. The summed E-state index contributed by atoms with van der Waals surface area (Å²) in [6, 6.07) is 2.04. The van der Waals surface area contributed by atoms with Crippen LogP contribution in [0.25, 0.3) is 11.1 Å². The summed E-state index contributed by atoms with van der Waals surface area (Å²) in [5.74, 6) is 0.116. The zero-order valence-electron chi connectivity index (χ0n) is 7.47. The zero-order valence-corrected chi connectivity index (χ0v) is 8.29. The van der Waals surface area contributed by atoms with Crippen LogP contribution in [-0.2, 0) is 6.54 Å². The SMILES string of the molecule is N=C(N)Cn1cc(-c2ccsc2)cn1. The molecule has 0 aliphatic rings. The molecule has 14 heavy (non-hydrogen) atoms. The first-order chi connectivity index (χ1) is 6.75. The minimum Gasteiger partial charge on any atom is -0.386 e. The zero-order chi connectivity index (χ0) is 9.97. The number of nitrogens with two attached hydrogens (primary N) is 1. The Bertz CT molecular complexity index is 429. The molecule has 2 rings (SSSR count). The fourth-order valence-electron chi connectivity index (χ4n) is 1.20. The Morgan fingerprint density at radius 3 is 3.07 bits per heavy atom. The quantitative estimate of drug-likeness (QED) is 0.591. The summed E-state index contributed by atoms with van der Waals surface area (Å²) in [5, 5.41) is 15.3. The number of nitrogens with zero attached hydrogens (tertiary/aromatic N) is 2. The lowest BCUT2D eigenvalue weighted by Crippen LogP contribution is -2.17. The van der Waals surface area contributed by atoms with Gasteiger partial charge in [-0.25, -0.2) is 0 Å². The molecule has 72 valence electrons. The smallest absolute Gasteiger partial charge is 0.113 e. The number of amidine groups is 1. The van der Waals surface area contributed by atoms with E-state index in [-0.39, 0.29) is 5.84 Å². The normalized spacial score (nSPS) is 10.3. The minimum atomic E-state index is 0.116. The van der Waals surface area contributed by atoms with Gasteiger partial charge in [-0.3, -0.25) is 10.1 Å². The number of aromatic nitrogens is 2. The molecule has 0 radical (unpaired) electrons. The molecular formula is C9H10N4S. The third kappa shape index (κ3) is 1.82. The molecule has 0 amide bonds. The summed E-state index contributed by atoms with van der Waals surface area (Å²) in [7, 11) is 0. The average molecular weight is 206 g/mol. The first kappa shape index (κ1) is 8.96. The van der Waals surface area contributed by atoms with E-state index in [1.54, 1.807) is 22.2 Å². The largest absolute Gasteiger partial charge is 0.386 e. The molecule has 2 aromatic heterocycles. The van der Waals surface area contributed by atoms with E-state index < -0.39 is 0 Å². The van der Waals surface area contributed by atoms with Gasteiger partial charge in [-0.15, -0.1) is 0 Å². The molecule has 0 atom stereocenters. The maximum absolute atomic E-state index is 7.13. The molecule has 0 spiro atoms. The predicted octanol–water partition coefficient (Wildman–Crippen LogP) is 1.55. The number of thiophene rings is 1. The molecule has 4 nitrogen and oxygen atoms in total. The van der Waals surface area contributed by atoms with E-state index >= 15 is 0 Å². The maximum atomic E-state index is 7.13. The van der Waals surface area contributed by atoms with Crippen LogP contribution in [0.15, 0.2) is 29.2 Å². The molecule has 0 unspecified atom stereocenters. The Morgan fingerprint density at radius 2 is 2.43 bits per heavy atom. The summed E-state index contributed by atoms with van der Waals surface area (Å²) in [6.07, 6.45) is 3.68. The van der Waals surface area contributed by atoms with Crippen LogP contribution in [0.1, 0.15) is 0 Å². The van der Waals surface area contributed by atoms with Crippen molar-refractivity contribution >= 4 is 17.2 Å². The molecule has 0 saturated carbocycles. The summed E-state index contributed by atoms with van der Waals surface area (Å²) in [4.78, 5) is 0. The highest BCUT2D eigenvalue weighted by Gasteiger charge is 2.02. The predicted molar refractivity (Wildman–Crippen MR) is 57.5 cm³/mol. The molecule has 2 aromatic rings. The summed E-state index contributed by atoms with van der Waals surface area (Å²) < 4.78 is 1.66. The van der Waals surface area contributed by atoms with E-state index in [9.17, 15) is 0 Å². The molecule has 0 saturated heterocycles. The topological polar surface area (TPSA) is 67.7 Å². The van der Waals surface area contributed by atoms with Gasteiger partial charge in [0.2, 0.25) is 0 Å². The van der Waals surface area contributed by atoms with Crippen LogP contribution in [-0.4, -0.2) is 15.6 Å². The summed E-state index contributed by atoms with van der Waals surface area (Å²) in [5.41, 5.74) is 7.50. The molecular weight excluding hydrogens is 196 g/mol. The first-order valence-corrected chi connectivity index (χ1v) is 5.08. The van der Waals surface area contributed by atoms with E-state index in [1.807, 2.05) is 17.6 Å². The van der Waals surface area contributed by atoms with Gasteiger partial charge in [0.1, 0.15) is 5.84 Å². The highest BCUT2D eigenvalue weighted by molar-refractivity contribution is 7.08. The maximum Gasteiger partial charge on any atom is 0.113 e. The number of rotatable bonds is 3. The molecule has 5 heteroatoms. The van der Waals surface area contributed by atoms with Gasteiger partial charge >= 0.3 is 0 Å². The lowest BCUT2D eigenvalue weighted by Gasteiger charge is -1.96. The van der Waals surface area contributed by atoms with Crippen LogP contribution in [0.4, 0.5) is 0 Å². The van der Waals surface area contributed by atoms with Crippen LogP contribution >= 0.6 is 11.3 Å². The van der Waals surface area contributed by atoms with Crippen molar-refractivity contribution in [3.8, 4) is 11.1 Å². The van der Waals surface area contributed by atoms with Gasteiger partial charge in [0, 0.05) is 11.8 Å². The fourth-order valence-corrected chi connectivity index (χ4v) is 1.87. The van der Waals surface area contributed by atoms with Gasteiger partial charge in [0.05, 0.1) is 12.7 Å². The van der Waals surface area contributed by atoms with Gasteiger partial charge in [0.15, 0.2) is 0 Å². The molecule has 0 aliphatic heterocycles. The number of hydrogen-bond donors (Lipinski definition) is 2. The molecule has 0 bridgehead atoms. The van der Waals surface area contributed by atoms with E-state index in [0.717, 1.165) is 11.1 Å². The summed E-state index contributed by atoms with van der Waals surface area (Å²) >= 11 is 1.65. The Kier molecular flexibility index (Phi) is 2.32. The van der Waals surface area contributed by atoms with Gasteiger partial charge in [0.25, 0.3) is 0 Å². The van der Waals surface area contributed by atoms with Crippen LogP contribution in [0.3, 0.4) is 0 Å². The van der Waals surface area contributed by atoms with Gasteiger partial charge in [-0.2, -0.15) is 16.4 Å². The lowest BCUT2D eigenvalue weighted by molar-refractivity contribution is 0.718. The second-order valence-corrected chi connectivity index (χ2v) is 3.74. The molecule has 0 aliphatic carbocycles. The van der Waals surface area contributed by atoms with Crippen LogP contribution < -0.4 is 5.73 Å². The van der Waals surface area contributed by atoms with Crippen molar-refractivity contribution in [2.45, 2.75) is 6.54 Å². The van der Waals surface area contributed by atoms with Crippen molar-refractivity contribution in [2.24, 2.45) is 5.73 Å². The minimum absolute atomic E-state index is 0.116. The van der Waals surface area contributed by atoms with Crippen molar-refractivity contribution in [2.75, 3.05) is 0 Å². The monoisotopic (exact) mass is 206 g/mol. The second kappa shape index (κ2) is 3.63. The lowest BCUT2D eigenvalue weighted by atomic mass is 10.2. The first-order valence-electron chi connectivity index (χ1n) is 4.13. The summed E-state index contributed by atoms with van der Waals surface area (Å²) in [6.45, 7) is 0.351. The van der Waals surface area contributed by atoms with E-state index in [1.165, 1.54) is 0 Å². The third-order valence-electron chi connectivity index (χ3n) is 1.82. The van der Waals surface area contributed by atoms with Gasteiger partial charge in [-0.05, 0) is 22.4 Å².